The van der Waals surface area contributed by atoms with Crippen molar-refractivity contribution in [2.45, 2.75) is 45.5 Å². The van der Waals surface area contributed by atoms with E-state index in [-0.39, 0.29) is 18.7 Å². The Morgan fingerprint density at radius 1 is 0.457 bits per heavy atom. The molecule has 8 aromatic heterocycles. The average molecular weight is 1250 g/mol. The van der Waals surface area contributed by atoms with Crippen molar-refractivity contribution in [3.8, 4) is 73.4 Å². The van der Waals surface area contributed by atoms with Gasteiger partial charge in [0.25, 0.3) is 0 Å². The number of halogens is 3. The average Bonchev–Trinajstić information content (AvgIpc) is 0.854. The summed E-state index contributed by atoms with van der Waals surface area (Å²) in [5.74, 6) is 0.0435. The molecule has 0 aliphatic rings. The first-order valence-electron chi connectivity index (χ1n) is 29.5. The summed E-state index contributed by atoms with van der Waals surface area (Å²) in [7, 11) is -4.65. The highest BCUT2D eigenvalue weighted by molar-refractivity contribution is 7.48. The monoisotopic (exact) mass is 1250 g/mol. The number of nitrogens with zero attached hydrogens (tertiary/aromatic N) is 8. The van der Waals surface area contributed by atoms with Crippen LogP contribution in [0, 0.1) is 0 Å². The number of carbonyl (C=O) groups excluding carboxylic acids is 1. The van der Waals surface area contributed by atoms with Gasteiger partial charge in [0.05, 0.1) is 0 Å². The summed E-state index contributed by atoms with van der Waals surface area (Å²) in [5.41, 5.74) is 13.8. The first kappa shape index (κ1) is 61.3. The minimum Gasteiger partial charge on any atom is -0.811 e. The van der Waals surface area contributed by atoms with Crippen LogP contribution >= 0.6 is 7.60 Å². The number of aryl methyl sites for hydroxylation is 1. The first-order chi connectivity index (χ1) is 44.5. The Labute approximate surface area is 528 Å². The van der Waals surface area contributed by atoms with Gasteiger partial charge in [-0.15, -0.1) is 13.2 Å². The van der Waals surface area contributed by atoms with Crippen LogP contribution in [-0.2, 0) is 48.5 Å². The Kier molecular flexibility index (Phi) is 18.3. The largest absolute Gasteiger partial charge is 0.811 e. The zero-order chi connectivity index (χ0) is 63.6. The number of pyridine rings is 8. The molecule has 456 valence electrons. The van der Waals surface area contributed by atoms with E-state index < -0.39 is 26.1 Å². The number of benzene rings is 4. The van der Waals surface area contributed by atoms with Crippen LogP contribution in [0.5, 0.6) is 17.2 Å². The molecule has 0 atom stereocenters. The number of alkyl halides is 3. The fourth-order valence-electron chi connectivity index (χ4n) is 10.9. The Morgan fingerprint density at radius 2 is 0.870 bits per heavy atom. The number of hydrogen-bond acceptors (Lipinski definition) is 8. The molecule has 92 heavy (non-hydrogen) atoms. The van der Waals surface area contributed by atoms with Crippen LogP contribution in [0.4, 0.5) is 13.2 Å². The molecule has 0 N–H and O–H groups in total. The summed E-state index contributed by atoms with van der Waals surface area (Å²) in [6, 6.07) is 61.5. The Hall–Kier alpha value is -10.9. The summed E-state index contributed by atoms with van der Waals surface area (Å²) < 4.78 is 74.0. The van der Waals surface area contributed by atoms with E-state index in [1.165, 1.54) is 12.1 Å². The number of carbonyl (C=O) groups is 1. The van der Waals surface area contributed by atoms with Gasteiger partial charge in [-0.3, -0.25) is 0 Å². The molecule has 0 unspecified atom stereocenters. The number of hydrogen-bond donors (Lipinski definition) is 0. The van der Waals surface area contributed by atoms with Crippen molar-refractivity contribution >= 4 is 13.6 Å². The van der Waals surface area contributed by atoms with E-state index in [0.717, 1.165) is 78.5 Å². The third-order valence-corrected chi connectivity index (χ3v) is 16.4. The van der Waals surface area contributed by atoms with Crippen molar-refractivity contribution in [2.75, 3.05) is 6.16 Å². The number of aliphatic carboxylic acids is 1. The van der Waals surface area contributed by atoms with Gasteiger partial charge in [-0.1, -0.05) is 25.8 Å². The highest BCUT2D eigenvalue weighted by Gasteiger charge is 2.31. The first-order valence-corrected chi connectivity index (χ1v) is 31.3. The molecule has 15 nitrogen and oxygen atoms in total. The molecule has 0 saturated heterocycles. The van der Waals surface area contributed by atoms with Crippen molar-refractivity contribution in [2.24, 2.45) is 0 Å². The summed E-state index contributed by atoms with van der Waals surface area (Å²) in [4.78, 5) is 39.1. The molecule has 0 bridgehead atoms. The molecule has 0 aliphatic heterocycles. The molecule has 0 radical (unpaired) electrons. The maximum atomic E-state index is 12.8. The van der Waals surface area contributed by atoms with E-state index in [1.54, 1.807) is 47.4 Å². The molecule has 0 saturated carbocycles. The normalized spacial score (nSPS) is 11.5. The second-order valence-corrected chi connectivity index (χ2v) is 23.7. The highest BCUT2D eigenvalue weighted by Crippen LogP contribution is 2.27. The summed E-state index contributed by atoms with van der Waals surface area (Å²) in [6.45, 7) is 2.02. The predicted molar refractivity (Wildman–Crippen MR) is 327 cm³/mol. The SMILES string of the molecule is O=C([O-])Cc1ccnc(-c2cccc[n+]2Cc2cc(C[n+]3ccc(-c4cc[n+](CCP(=O)([O-])[O-])cc4)cc3)c(C[n+]3ccc(-c4cc[n+](-c5ccc(OC(F)(F)F)cc5)cc4)cc3)cc2C[n+]2ccc(-c3cc[n+](-c4ccc(Oc5ccccc5)cc4)cc3)cc2)c1. The number of aromatic nitrogens is 8. The Bertz CT molecular complexity index is 4570. The van der Waals surface area contributed by atoms with Crippen LogP contribution in [0.2, 0.25) is 0 Å². The fourth-order valence-corrected chi connectivity index (χ4v) is 11.4. The van der Waals surface area contributed by atoms with Crippen LogP contribution in [0.1, 0.15) is 27.8 Å². The van der Waals surface area contributed by atoms with Crippen LogP contribution in [-0.4, -0.2) is 23.5 Å². The maximum absolute atomic E-state index is 12.8. The number of carboxylic acids is 1. The molecule has 12 aromatic rings. The quantitative estimate of drug-likeness (QED) is 0.0490. The van der Waals surface area contributed by atoms with Gasteiger partial charge in [0.2, 0.25) is 17.1 Å². The lowest BCUT2D eigenvalue weighted by atomic mass is 9.96. The van der Waals surface area contributed by atoms with Crippen LogP contribution in [0.3, 0.4) is 0 Å². The van der Waals surface area contributed by atoms with Crippen LogP contribution in [0.15, 0.2) is 281 Å². The summed E-state index contributed by atoms with van der Waals surface area (Å²) in [6.07, 6.45) is 21.8. The smallest absolute Gasteiger partial charge is 0.573 e. The number of carboxylic acid groups (broad SMARTS) is 1. The number of ether oxygens (including phenoxy) is 2. The lowest BCUT2D eigenvalue weighted by Crippen LogP contribution is -2.40. The van der Waals surface area contributed by atoms with Gasteiger partial charge in [0, 0.05) is 156 Å². The highest BCUT2D eigenvalue weighted by atomic mass is 31.2. The number of rotatable bonds is 22. The molecule has 12 rings (SSSR count). The zero-order valence-electron chi connectivity index (χ0n) is 49.5. The minimum absolute atomic E-state index is 0.0664. The van der Waals surface area contributed by atoms with Crippen molar-refractivity contribution in [3.05, 3.63) is 309 Å². The minimum atomic E-state index is -4.78. The molecule has 0 amide bonds. The molecule has 19 heteroatoms. The Balaban J connectivity index is 0.866. The van der Waals surface area contributed by atoms with Crippen molar-refractivity contribution in [1.29, 1.82) is 0 Å². The van der Waals surface area contributed by atoms with Crippen molar-refractivity contribution in [1.82, 2.24) is 4.98 Å². The third kappa shape index (κ3) is 16.1. The molecule has 8 heterocycles. The second kappa shape index (κ2) is 27.5. The van der Waals surface area contributed by atoms with Crippen molar-refractivity contribution in [3.63, 3.8) is 0 Å². The van der Waals surface area contributed by atoms with Gasteiger partial charge < -0.3 is 33.7 Å². The predicted octanol–water partition coefficient (Wildman–Crippen LogP) is 7.83. The molecular formula is C73H60F3N8O7P+4. The van der Waals surface area contributed by atoms with E-state index in [2.05, 4.69) is 88.5 Å². The zero-order valence-corrected chi connectivity index (χ0v) is 50.4. The molecule has 4 aromatic carbocycles. The van der Waals surface area contributed by atoms with Gasteiger partial charge in [-0.05, 0) is 106 Å². The topological polar surface area (TPSA) is 162 Å². The molecule has 0 spiro atoms. The van der Waals surface area contributed by atoms with Gasteiger partial charge in [0.1, 0.15) is 22.9 Å². The second-order valence-electron chi connectivity index (χ2n) is 22.1. The lowest BCUT2D eigenvalue weighted by Gasteiger charge is -2.27. The van der Waals surface area contributed by atoms with E-state index in [1.807, 2.05) is 170 Å². The van der Waals surface area contributed by atoms with E-state index in [9.17, 15) is 37.4 Å². The molecule has 0 aliphatic carbocycles. The van der Waals surface area contributed by atoms with E-state index in [4.69, 9.17) is 9.72 Å². The van der Waals surface area contributed by atoms with E-state index >= 15 is 0 Å². The summed E-state index contributed by atoms with van der Waals surface area (Å²) in [5, 5.41) is 11.7. The standard InChI is InChI=1S/C73H60F3N8O7P/c74-73(75,76)91-69-15-11-66(12-16-69)83-42-28-60(29-43-83)57-22-36-79(37-23-57)50-61-48-63(52-81-38-24-58(25-39-81)59-26-40-82(41-27-59)65-9-13-68(14-10-65)90-67-6-2-1-3-7-67)64(53-84-31-5-4-8-71(84)70-46-54(17-30-77-70)47-72(85)86)49-62(61)51-80-34-20-56(21-35-80)55-18-32-78(33-19-55)44-45-92(87,88)89/h1-43,46,48-49H,44-45,47,50-53H2/q+4. The third-order valence-electron chi connectivity index (χ3n) is 15.6. The fraction of sp³-hybridized carbons (Fsp3) is 0.110. The van der Waals surface area contributed by atoms with Gasteiger partial charge in [-0.25, -0.2) is 23.3 Å². The maximum Gasteiger partial charge on any atom is 0.573 e. The van der Waals surface area contributed by atoms with Crippen LogP contribution < -0.4 is 56.3 Å². The summed E-state index contributed by atoms with van der Waals surface area (Å²) >= 11 is 0. The number of para-hydroxylation sites is 1. The van der Waals surface area contributed by atoms with Crippen LogP contribution in [0.25, 0.3) is 56.1 Å². The Morgan fingerprint density at radius 3 is 1.32 bits per heavy atom. The van der Waals surface area contributed by atoms with Crippen molar-refractivity contribution < 1.29 is 78.9 Å². The van der Waals surface area contributed by atoms with Gasteiger partial charge in [0.15, 0.2) is 113 Å². The van der Waals surface area contributed by atoms with E-state index in [0.29, 0.717) is 43.1 Å². The molecular weight excluding hydrogens is 1190 g/mol. The van der Waals surface area contributed by atoms with Gasteiger partial charge >= 0.3 is 6.36 Å². The molecule has 0 fully saturated rings. The lowest BCUT2D eigenvalue weighted by molar-refractivity contribution is -0.694. The van der Waals surface area contributed by atoms with Gasteiger partial charge in [-0.2, -0.15) is 13.7 Å².